The fourth-order valence-corrected chi connectivity index (χ4v) is 0.596. The average molecular weight is 156 g/mol. The monoisotopic (exact) mass is 156 g/mol. The largest absolute Gasteiger partial charge is 3.00 e. The number of thiazole rings is 1. The fraction of sp³-hybridized carbons (Fsp3) is 0. The molecule has 1 N–H and O–H groups in total. The van der Waals surface area contributed by atoms with Crippen LogP contribution in [0.5, 0.6) is 0 Å². The van der Waals surface area contributed by atoms with Gasteiger partial charge in [0, 0.05) is 0 Å². The molecule has 0 amide bonds. The first-order valence-electron chi connectivity index (χ1n) is 1.50. The Balaban J connectivity index is -0.000000120. The van der Waals surface area contributed by atoms with Crippen molar-refractivity contribution in [3.8, 4) is 0 Å². The Morgan fingerprint density at radius 2 is 2.00 bits per heavy atom. The molecular weight excluding hydrogens is 147 g/mol. The van der Waals surface area contributed by atoms with Gasteiger partial charge in [-0.15, -0.1) is 0 Å². The van der Waals surface area contributed by atoms with Gasteiger partial charge in [0.2, 0.25) is 0 Å². The zero-order chi connectivity index (χ0) is 4.41. The summed E-state index contributed by atoms with van der Waals surface area (Å²) in [4.78, 5) is 3.60. The molecule has 0 fully saturated rings. The maximum Gasteiger partial charge on any atom is 3.00 e. The molecule has 0 spiro atoms. The number of nitrogens with one attached hydrogen (secondary N) is 1. The van der Waals surface area contributed by atoms with E-state index >= 15 is 0 Å². The zero-order valence-corrected chi connectivity index (χ0v) is 7.56. The summed E-state index contributed by atoms with van der Waals surface area (Å²) in [6.45, 7) is 0. The first-order valence-corrected chi connectivity index (χ1v) is 2.38. The van der Waals surface area contributed by atoms with Crippen molar-refractivity contribution in [3.05, 3.63) is 32.2 Å². The predicted octanol–water partition coefficient (Wildman–Crippen LogP) is 2.35. The molecule has 2 nitrogen and oxygen atoms in total. The molecule has 0 atom stereocenters. The molecule has 1 heterocycles. The third kappa shape index (κ3) is 5.84. The van der Waals surface area contributed by atoms with E-state index in [0.29, 0.717) is 5.13 Å². The summed E-state index contributed by atoms with van der Waals surface area (Å²) in [5.74, 6) is 0. The summed E-state index contributed by atoms with van der Waals surface area (Å²) in [7, 11) is 0. The van der Waals surface area contributed by atoms with Crippen LogP contribution in [0.15, 0.2) is 11.6 Å². The molecule has 0 saturated carbocycles. The zero-order valence-electron chi connectivity index (χ0n) is 5.59. The molecule has 0 aliphatic carbocycles. The number of hydrogen-bond donors (Lipinski definition) is 0. The van der Waals surface area contributed by atoms with Gasteiger partial charge in [0.15, 0.2) is 0 Å². The van der Waals surface area contributed by atoms with Gasteiger partial charge in [0.05, 0.1) is 0 Å². The normalized spacial score (nSPS) is 5.78. The summed E-state index contributed by atoms with van der Waals surface area (Å²) >= 11 is 1.33. The van der Waals surface area contributed by atoms with Crippen LogP contribution in [0.4, 0.5) is 5.13 Å². The number of nitrogens with zero attached hydrogens (tertiary/aromatic N) is 1. The summed E-state index contributed by atoms with van der Waals surface area (Å²) < 4.78 is 0. The third-order valence-electron chi connectivity index (χ3n) is 0.432. The molecule has 0 aromatic carbocycles. The predicted molar refractivity (Wildman–Crippen MR) is 44.7 cm³/mol. The van der Waals surface area contributed by atoms with E-state index in [2.05, 4.69) is 4.98 Å². The number of aromatic nitrogens is 1. The molecule has 1 rings (SSSR count). The van der Waals surface area contributed by atoms with E-state index in [1.54, 1.807) is 11.6 Å². The molecule has 0 unspecified atom stereocenters. The van der Waals surface area contributed by atoms with Gasteiger partial charge in [-0.25, -0.2) is 0 Å². The molecule has 4 heteroatoms. The number of hydrogen-bond acceptors (Lipinski definition) is 2. The van der Waals surface area contributed by atoms with E-state index in [4.69, 9.17) is 5.73 Å². The van der Waals surface area contributed by atoms with E-state index in [1.165, 1.54) is 11.3 Å². The van der Waals surface area contributed by atoms with Crippen molar-refractivity contribution in [1.82, 2.24) is 4.98 Å². The Morgan fingerprint density at radius 1 is 1.44 bits per heavy atom. The van der Waals surface area contributed by atoms with Crippen LogP contribution in [0.3, 0.4) is 0 Å². The molecule has 0 radical (unpaired) electrons. The Labute approximate surface area is 71.2 Å². The topological polar surface area (TPSA) is 36.7 Å². The quantitative estimate of drug-likeness (QED) is 0.419. The third-order valence-corrected chi connectivity index (χ3v) is 1.02. The van der Waals surface area contributed by atoms with Crippen LogP contribution in [0.2, 0.25) is 0 Å². The van der Waals surface area contributed by atoms with Gasteiger partial charge < -0.3 is 25.6 Å². The summed E-state index contributed by atoms with van der Waals surface area (Å²) in [5, 5.41) is 2.16. The van der Waals surface area contributed by atoms with Gasteiger partial charge in [-0.2, -0.15) is 11.3 Å². The minimum absolute atomic E-state index is 0. The van der Waals surface area contributed by atoms with E-state index in [9.17, 15) is 0 Å². The molecular formula is C5H9AlN2S. The minimum Gasteiger partial charge on any atom is -0.473 e. The molecule has 9 heavy (non-hydrogen) atoms. The van der Waals surface area contributed by atoms with Crippen molar-refractivity contribution >= 4 is 33.8 Å². The van der Waals surface area contributed by atoms with E-state index < -0.39 is 0 Å². The second kappa shape index (κ2) is 7.96. The van der Waals surface area contributed by atoms with Crippen LogP contribution >= 0.6 is 11.3 Å². The molecule has 0 aliphatic heterocycles. The van der Waals surface area contributed by atoms with Crippen LogP contribution in [0, 0.1) is 14.9 Å². The van der Waals surface area contributed by atoms with E-state index in [-0.39, 0.29) is 32.2 Å². The van der Waals surface area contributed by atoms with Crippen LogP contribution in [0.1, 0.15) is 0 Å². The minimum atomic E-state index is 0. The van der Waals surface area contributed by atoms with Gasteiger partial charge in [-0.3, -0.25) is 0 Å². The van der Waals surface area contributed by atoms with Crippen molar-refractivity contribution in [3.63, 3.8) is 0 Å². The Hall–Kier alpha value is -0.0375. The Kier molecular flexibility index (Phi) is 14.1. The van der Waals surface area contributed by atoms with Crippen LogP contribution in [-0.4, -0.2) is 22.3 Å². The van der Waals surface area contributed by atoms with Gasteiger partial charge in [0.1, 0.15) is 0 Å². The van der Waals surface area contributed by atoms with E-state index in [0.717, 1.165) is 0 Å². The standard InChI is InChI=1S/C3H3N2S.2CH3.Al/c4-3-5-1-2-6-3;;;/h1-2H,(H-,4,5);2*1H3;/q3*-1;+3. The van der Waals surface area contributed by atoms with Crippen LogP contribution in [-0.2, 0) is 0 Å². The molecule has 1 aromatic heterocycles. The second-order valence-corrected chi connectivity index (χ2v) is 1.73. The molecule has 1 aromatic rings. The van der Waals surface area contributed by atoms with Crippen molar-refractivity contribution in [2.45, 2.75) is 0 Å². The van der Waals surface area contributed by atoms with Crippen molar-refractivity contribution in [2.24, 2.45) is 0 Å². The van der Waals surface area contributed by atoms with Gasteiger partial charge in [0.25, 0.3) is 0 Å². The van der Waals surface area contributed by atoms with Crippen molar-refractivity contribution < 1.29 is 0 Å². The van der Waals surface area contributed by atoms with Gasteiger partial charge in [-0.1, -0.05) is 6.20 Å². The molecule has 48 valence electrons. The molecule has 0 saturated heterocycles. The Bertz CT molecular complexity index is 119. The summed E-state index contributed by atoms with van der Waals surface area (Å²) in [6, 6.07) is 0. The average Bonchev–Trinajstić information content (AvgIpc) is 1.86. The summed E-state index contributed by atoms with van der Waals surface area (Å²) in [5.41, 5.74) is 6.78. The molecule has 0 bridgehead atoms. The maximum atomic E-state index is 6.78. The van der Waals surface area contributed by atoms with Crippen LogP contribution in [0.25, 0.3) is 5.73 Å². The Morgan fingerprint density at radius 3 is 2.11 bits per heavy atom. The second-order valence-electron chi connectivity index (χ2n) is 0.837. The smallest absolute Gasteiger partial charge is 0.473 e. The van der Waals surface area contributed by atoms with Crippen molar-refractivity contribution in [1.29, 1.82) is 0 Å². The van der Waals surface area contributed by atoms with E-state index in [1.807, 2.05) is 0 Å². The maximum absolute atomic E-state index is 6.78. The first-order chi connectivity index (χ1) is 2.89. The summed E-state index contributed by atoms with van der Waals surface area (Å²) in [6.07, 6.45) is 1.62. The number of rotatable bonds is 0. The fourth-order valence-electron chi connectivity index (χ4n) is 0.223. The van der Waals surface area contributed by atoms with Gasteiger partial charge >= 0.3 is 17.4 Å². The first kappa shape index (κ1) is 16.0. The van der Waals surface area contributed by atoms with Crippen LogP contribution < -0.4 is 0 Å². The van der Waals surface area contributed by atoms with Crippen molar-refractivity contribution in [2.75, 3.05) is 0 Å². The van der Waals surface area contributed by atoms with Gasteiger partial charge in [-0.05, 0) is 10.5 Å². The SMILES string of the molecule is [Al+3].[CH3-].[CH3-].[NH-]c1nccs1. The molecule has 0 aliphatic rings.